The van der Waals surface area contributed by atoms with E-state index in [9.17, 15) is 9.59 Å². The standard InChI is InChI=1S/C20H13BrCl2N2O2/c21-14-4-1-3-12(7-14)19(26)24-17-5-2-6-18(11-17)25-20(27)13-8-15(22)10-16(23)9-13/h1-11H,(H,24,26)(H,25,27). The monoisotopic (exact) mass is 462 g/mol. The van der Waals surface area contributed by atoms with Crippen LogP contribution in [0.2, 0.25) is 10.0 Å². The Morgan fingerprint density at radius 3 is 1.85 bits per heavy atom. The normalized spacial score (nSPS) is 10.3. The summed E-state index contributed by atoms with van der Waals surface area (Å²) in [6, 6.07) is 18.5. The molecule has 136 valence electrons. The van der Waals surface area contributed by atoms with Crippen molar-refractivity contribution < 1.29 is 9.59 Å². The number of carbonyl (C=O) groups is 2. The first-order chi connectivity index (χ1) is 12.9. The maximum atomic E-state index is 12.4. The van der Waals surface area contributed by atoms with E-state index in [1.807, 2.05) is 6.07 Å². The van der Waals surface area contributed by atoms with Crippen LogP contribution < -0.4 is 10.6 Å². The van der Waals surface area contributed by atoms with Crippen molar-refractivity contribution in [2.75, 3.05) is 10.6 Å². The van der Waals surface area contributed by atoms with E-state index < -0.39 is 0 Å². The largest absolute Gasteiger partial charge is 0.322 e. The first-order valence-corrected chi connectivity index (χ1v) is 9.40. The van der Waals surface area contributed by atoms with E-state index >= 15 is 0 Å². The molecule has 2 N–H and O–H groups in total. The average Bonchev–Trinajstić information content (AvgIpc) is 2.61. The van der Waals surface area contributed by atoms with Gasteiger partial charge in [0.05, 0.1) is 0 Å². The number of rotatable bonds is 4. The van der Waals surface area contributed by atoms with Crippen LogP contribution in [0.3, 0.4) is 0 Å². The zero-order chi connectivity index (χ0) is 19.4. The van der Waals surface area contributed by atoms with Crippen molar-refractivity contribution in [3.8, 4) is 0 Å². The van der Waals surface area contributed by atoms with Gasteiger partial charge in [0.2, 0.25) is 0 Å². The molecule has 3 aromatic rings. The number of carbonyl (C=O) groups excluding carboxylic acids is 2. The van der Waals surface area contributed by atoms with Gasteiger partial charge in [-0.3, -0.25) is 9.59 Å². The predicted octanol–water partition coefficient (Wildman–Crippen LogP) is 6.26. The Morgan fingerprint density at radius 2 is 1.26 bits per heavy atom. The van der Waals surface area contributed by atoms with E-state index in [4.69, 9.17) is 23.2 Å². The minimum absolute atomic E-state index is 0.249. The number of hydrogen-bond donors (Lipinski definition) is 2. The van der Waals surface area contributed by atoms with Crippen molar-refractivity contribution in [2.45, 2.75) is 0 Å². The summed E-state index contributed by atoms with van der Waals surface area (Å²) in [7, 11) is 0. The molecule has 0 saturated carbocycles. The summed E-state index contributed by atoms with van der Waals surface area (Å²) in [5.74, 6) is -0.601. The fourth-order valence-electron chi connectivity index (χ4n) is 2.40. The highest BCUT2D eigenvalue weighted by molar-refractivity contribution is 9.10. The molecule has 0 unspecified atom stereocenters. The fourth-order valence-corrected chi connectivity index (χ4v) is 3.32. The SMILES string of the molecule is O=C(Nc1cccc(NC(=O)c2cccc(Br)c2)c1)c1cc(Cl)cc(Cl)c1. The molecule has 0 heterocycles. The van der Waals surface area contributed by atoms with Gasteiger partial charge in [-0.1, -0.05) is 51.3 Å². The average molecular weight is 464 g/mol. The molecule has 27 heavy (non-hydrogen) atoms. The fraction of sp³-hybridized carbons (Fsp3) is 0. The van der Waals surface area contributed by atoms with Crippen LogP contribution in [0.25, 0.3) is 0 Å². The Bertz CT molecular complexity index is 1000. The van der Waals surface area contributed by atoms with Gasteiger partial charge in [0.15, 0.2) is 0 Å². The van der Waals surface area contributed by atoms with Crippen LogP contribution in [-0.4, -0.2) is 11.8 Å². The van der Waals surface area contributed by atoms with Gasteiger partial charge in [-0.05, 0) is 54.6 Å². The van der Waals surface area contributed by atoms with Crippen LogP contribution in [-0.2, 0) is 0 Å². The highest BCUT2D eigenvalue weighted by atomic mass is 79.9. The molecule has 4 nitrogen and oxygen atoms in total. The molecule has 7 heteroatoms. The number of anilines is 2. The van der Waals surface area contributed by atoms with Crippen molar-refractivity contribution in [1.82, 2.24) is 0 Å². The minimum atomic E-state index is -0.352. The molecule has 0 aliphatic rings. The van der Waals surface area contributed by atoms with Crippen LogP contribution >= 0.6 is 39.1 Å². The molecule has 2 amide bonds. The Hall–Kier alpha value is -2.34. The van der Waals surface area contributed by atoms with E-state index in [1.165, 1.54) is 12.1 Å². The first-order valence-electron chi connectivity index (χ1n) is 7.85. The Labute approximate surface area is 174 Å². The van der Waals surface area contributed by atoms with Crippen molar-refractivity contribution in [2.24, 2.45) is 0 Å². The lowest BCUT2D eigenvalue weighted by Crippen LogP contribution is -2.14. The summed E-state index contributed by atoms with van der Waals surface area (Å²) in [4.78, 5) is 24.7. The van der Waals surface area contributed by atoms with Crippen molar-refractivity contribution >= 4 is 62.3 Å². The van der Waals surface area contributed by atoms with E-state index in [-0.39, 0.29) is 11.8 Å². The number of benzene rings is 3. The summed E-state index contributed by atoms with van der Waals surface area (Å²) in [6.07, 6.45) is 0. The van der Waals surface area contributed by atoms with Crippen molar-refractivity contribution in [3.05, 3.63) is 92.4 Å². The molecule has 0 spiro atoms. The van der Waals surface area contributed by atoms with Crippen LogP contribution in [0.15, 0.2) is 71.2 Å². The third-order valence-electron chi connectivity index (χ3n) is 3.59. The second kappa shape index (κ2) is 8.57. The lowest BCUT2D eigenvalue weighted by molar-refractivity contribution is 0.101. The molecule has 0 atom stereocenters. The minimum Gasteiger partial charge on any atom is -0.322 e. The number of nitrogens with one attached hydrogen (secondary N) is 2. The summed E-state index contributed by atoms with van der Waals surface area (Å²) in [6.45, 7) is 0. The van der Waals surface area contributed by atoms with Crippen LogP contribution in [0.1, 0.15) is 20.7 Å². The van der Waals surface area contributed by atoms with Crippen molar-refractivity contribution in [3.63, 3.8) is 0 Å². The molecule has 0 bridgehead atoms. The molecular weight excluding hydrogens is 451 g/mol. The Balaban J connectivity index is 1.73. The number of hydrogen-bond acceptors (Lipinski definition) is 2. The van der Waals surface area contributed by atoms with Crippen molar-refractivity contribution in [1.29, 1.82) is 0 Å². The third-order valence-corrected chi connectivity index (χ3v) is 4.52. The molecule has 0 aliphatic heterocycles. The smallest absolute Gasteiger partial charge is 0.255 e. The lowest BCUT2D eigenvalue weighted by Gasteiger charge is -2.10. The van der Waals surface area contributed by atoms with Gasteiger partial charge >= 0.3 is 0 Å². The van der Waals surface area contributed by atoms with Crippen LogP contribution in [0.5, 0.6) is 0 Å². The van der Waals surface area contributed by atoms with Gasteiger partial charge in [0.25, 0.3) is 11.8 Å². The molecule has 3 rings (SSSR count). The van der Waals surface area contributed by atoms with Gasteiger partial charge in [-0.25, -0.2) is 0 Å². The van der Waals surface area contributed by atoms with Crippen LogP contribution in [0, 0.1) is 0 Å². The molecular formula is C20H13BrCl2N2O2. The summed E-state index contributed by atoms with van der Waals surface area (Å²) in [5, 5.41) is 6.32. The maximum absolute atomic E-state index is 12.4. The van der Waals surface area contributed by atoms with Gasteiger partial charge in [0, 0.05) is 37.0 Å². The van der Waals surface area contributed by atoms with E-state index in [0.29, 0.717) is 32.5 Å². The molecule has 0 fully saturated rings. The molecule has 0 saturated heterocycles. The van der Waals surface area contributed by atoms with Gasteiger partial charge < -0.3 is 10.6 Å². The van der Waals surface area contributed by atoms with Gasteiger partial charge in [-0.15, -0.1) is 0 Å². The Morgan fingerprint density at radius 1 is 0.704 bits per heavy atom. The van der Waals surface area contributed by atoms with Crippen LogP contribution in [0.4, 0.5) is 11.4 Å². The van der Waals surface area contributed by atoms with E-state index in [2.05, 4.69) is 26.6 Å². The maximum Gasteiger partial charge on any atom is 0.255 e. The quantitative estimate of drug-likeness (QED) is 0.479. The third kappa shape index (κ3) is 5.32. The molecule has 0 aliphatic carbocycles. The van der Waals surface area contributed by atoms with Gasteiger partial charge in [0.1, 0.15) is 0 Å². The van der Waals surface area contributed by atoms with E-state index in [0.717, 1.165) is 4.47 Å². The zero-order valence-electron chi connectivity index (χ0n) is 13.8. The predicted molar refractivity (Wildman–Crippen MR) is 113 cm³/mol. The Kier molecular flexibility index (Phi) is 6.16. The van der Waals surface area contributed by atoms with E-state index in [1.54, 1.807) is 48.5 Å². The lowest BCUT2D eigenvalue weighted by atomic mass is 10.2. The highest BCUT2D eigenvalue weighted by Gasteiger charge is 2.10. The first kappa shape index (κ1) is 19.4. The highest BCUT2D eigenvalue weighted by Crippen LogP contribution is 2.21. The molecule has 3 aromatic carbocycles. The summed E-state index contributed by atoms with van der Waals surface area (Å²) < 4.78 is 0.816. The van der Waals surface area contributed by atoms with Gasteiger partial charge in [-0.2, -0.15) is 0 Å². The summed E-state index contributed by atoms with van der Waals surface area (Å²) in [5.41, 5.74) is 1.95. The zero-order valence-corrected chi connectivity index (χ0v) is 16.9. The second-order valence-corrected chi connectivity index (χ2v) is 7.45. The molecule has 0 radical (unpaired) electrons. The topological polar surface area (TPSA) is 58.2 Å². The number of halogens is 3. The summed E-state index contributed by atoms with van der Waals surface area (Å²) >= 11 is 15.2. The molecule has 0 aromatic heterocycles. The number of amides is 2. The second-order valence-electron chi connectivity index (χ2n) is 5.66.